The van der Waals surface area contributed by atoms with Crippen molar-refractivity contribution in [1.29, 1.82) is 0 Å². The second kappa shape index (κ2) is 8.19. The molecular formula is C16H15NO7S2. The Labute approximate surface area is 158 Å². The van der Waals surface area contributed by atoms with Gasteiger partial charge in [0.2, 0.25) is 0 Å². The van der Waals surface area contributed by atoms with Gasteiger partial charge >= 0.3 is 11.9 Å². The fraction of sp³-hybridized carbons (Fsp3) is 0.250. The van der Waals surface area contributed by atoms with Gasteiger partial charge in [0.25, 0.3) is 5.91 Å². The molecule has 1 atom stereocenters. The predicted octanol–water partition coefficient (Wildman–Crippen LogP) is 1.83. The Morgan fingerprint density at radius 3 is 2.62 bits per heavy atom. The number of carboxylic acid groups (broad SMARTS) is 2. The molecule has 1 fully saturated rings. The number of amides is 1. The van der Waals surface area contributed by atoms with E-state index in [1.54, 1.807) is 18.2 Å². The van der Waals surface area contributed by atoms with E-state index in [0.29, 0.717) is 11.3 Å². The van der Waals surface area contributed by atoms with Crippen molar-refractivity contribution in [1.82, 2.24) is 4.90 Å². The topological polar surface area (TPSA) is 113 Å². The summed E-state index contributed by atoms with van der Waals surface area (Å²) in [6.07, 6.45) is 0.496. The van der Waals surface area contributed by atoms with Gasteiger partial charge in [0, 0.05) is 0 Å². The molecular weight excluding hydrogens is 382 g/mol. The fourth-order valence-corrected chi connectivity index (χ4v) is 3.29. The zero-order valence-corrected chi connectivity index (χ0v) is 15.4. The number of rotatable bonds is 7. The number of benzene rings is 1. The van der Waals surface area contributed by atoms with Crippen LogP contribution >= 0.6 is 24.0 Å². The average Bonchev–Trinajstić information content (AvgIpc) is 2.83. The molecule has 0 bridgehead atoms. The molecule has 0 saturated carbocycles. The summed E-state index contributed by atoms with van der Waals surface area (Å²) in [5, 5.41) is 17.8. The van der Waals surface area contributed by atoms with Gasteiger partial charge in [0.15, 0.2) is 17.6 Å². The van der Waals surface area contributed by atoms with Crippen LogP contribution in [0.3, 0.4) is 0 Å². The van der Waals surface area contributed by atoms with E-state index in [4.69, 9.17) is 31.9 Å². The van der Waals surface area contributed by atoms with Gasteiger partial charge in [-0.15, -0.1) is 0 Å². The van der Waals surface area contributed by atoms with Crippen LogP contribution in [-0.2, 0) is 14.4 Å². The van der Waals surface area contributed by atoms with Gasteiger partial charge in [0.1, 0.15) is 10.9 Å². The number of methoxy groups -OCH3 is 1. The van der Waals surface area contributed by atoms with E-state index >= 15 is 0 Å². The van der Waals surface area contributed by atoms with E-state index < -0.39 is 30.5 Å². The SMILES string of the molecule is COc1cc(/C=C2\SC(=S)N(CC(=O)O)C2=O)ccc1O[C@H](C)C(=O)O. The molecule has 0 radical (unpaired) electrons. The van der Waals surface area contributed by atoms with Crippen LogP contribution in [0.15, 0.2) is 23.1 Å². The highest BCUT2D eigenvalue weighted by molar-refractivity contribution is 8.26. The van der Waals surface area contributed by atoms with Crippen molar-refractivity contribution >= 4 is 52.2 Å². The summed E-state index contributed by atoms with van der Waals surface area (Å²) in [7, 11) is 1.41. The molecule has 2 N–H and O–H groups in total. The maximum atomic E-state index is 12.3. The molecule has 0 aromatic heterocycles. The van der Waals surface area contributed by atoms with Crippen molar-refractivity contribution in [3.63, 3.8) is 0 Å². The molecule has 1 aliphatic heterocycles. The molecule has 1 aromatic rings. The predicted molar refractivity (Wildman–Crippen MR) is 98.2 cm³/mol. The summed E-state index contributed by atoms with van der Waals surface area (Å²) in [5.74, 6) is -2.21. The first-order valence-electron chi connectivity index (χ1n) is 7.27. The van der Waals surface area contributed by atoms with Crippen molar-refractivity contribution in [2.45, 2.75) is 13.0 Å². The number of carbonyl (C=O) groups excluding carboxylic acids is 1. The Balaban J connectivity index is 2.25. The van der Waals surface area contributed by atoms with Crippen molar-refractivity contribution in [2.75, 3.05) is 13.7 Å². The largest absolute Gasteiger partial charge is 0.493 e. The van der Waals surface area contributed by atoms with Gasteiger partial charge in [-0.1, -0.05) is 30.0 Å². The Hall–Kier alpha value is -2.59. The number of ether oxygens (including phenoxy) is 2. The number of hydrogen-bond donors (Lipinski definition) is 2. The third kappa shape index (κ3) is 4.52. The van der Waals surface area contributed by atoms with Crippen molar-refractivity contribution in [3.05, 3.63) is 28.7 Å². The molecule has 138 valence electrons. The summed E-state index contributed by atoms with van der Waals surface area (Å²) in [6, 6.07) is 4.73. The standard InChI is InChI=1S/C16H15NO7S2/c1-8(15(21)22)24-10-4-3-9(5-11(10)23-2)6-12-14(20)17(7-13(18)19)16(25)26-12/h3-6,8H,7H2,1-2H3,(H,18,19)(H,21,22)/b12-6-/t8-/m1/s1. The maximum absolute atomic E-state index is 12.3. The minimum Gasteiger partial charge on any atom is -0.493 e. The highest BCUT2D eigenvalue weighted by Crippen LogP contribution is 2.34. The lowest BCUT2D eigenvalue weighted by atomic mass is 10.2. The first-order chi connectivity index (χ1) is 12.2. The van der Waals surface area contributed by atoms with Crippen molar-refractivity contribution in [3.8, 4) is 11.5 Å². The molecule has 2 rings (SSSR count). The van der Waals surface area contributed by atoms with Crippen LogP contribution in [0.25, 0.3) is 6.08 Å². The molecule has 26 heavy (non-hydrogen) atoms. The Morgan fingerprint density at radius 1 is 1.35 bits per heavy atom. The molecule has 10 heteroatoms. The van der Waals surface area contributed by atoms with Crippen LogP contribution in [0.2, 0.25) is 0 Å². The quantitative estimate of drug-likeness (QED) is 0.525. The maximum Gasteiger partial charge on any atom is 0.344 e. The number of aliphatic carboxylic acids is 2. The van der Waals surface area contributed by atoms with E-state index in [0.717, 1.165) is 16.7 Å². The second-order valence-electron chi connectivity index (χ2n) is 5.17. The van der Waals surface area contributed by atoms with E-state index in [1.807, 2.05) is 0 Å². The zero-order chi connectivity index (χ0) is 19.4. The van der Waals surface area contributed by atoms with Gasteiger partial charge in [-0.3, -0.25) is 14.5 Å². The van der Waals surface area contributed by atoms with Crippen LogP contribution < -0.4 is 9.47 Å². The Bertz CT molecular complexity index is 806. The van der Waals surface area contributed by atoms with Crippen LogP contribution in [0, 0.1) is 0 Å². The lowest BCUT2D eigenvalue weighted by Gasteiger charge is -2.14. The second-order valence-corrected chi connectivity index (χ2v) is 6.85. The molecule has 0 aliphatic carbocycles. The van der Waals surface area contributed by atoms with Crippen LogP contribution in [-0.4, -0.2) is 57.0 Å². The monoisotopic (exact) mass is 397 g/mol. The van der Waals surface area contributed by atoms with E-state index in [1.165, 1.54) is 20.1 Å². The third-order valence-corrected chi connectivity index (χ3v) is 4.68. The number of carbonyl (C=O) groups is 3. The number of carboxylic acids is 2. The van der Waals surface area contributed by atoms with Gasteiger partial charge in [-0.2, -0.15) is 0 Å². The van der Waals surface area contributed by atoms with Gasteiger partial charge < -0.3 is 19.7 Å². The summed E-state index contributed by atoms with van der Waals surface area (Å²) in [4.78, 5) is 35.3. The highest BCUT2D eigenvalue weighted by atomic mass is 32.2. The van der Waals surface area contributed by atoms with Crippen LogP contribution in [0.4, 0.5) is 0 Å². The average molecular weight is 397 g/mol. The first-order valence-corrected chi connectivity index (χ1v) is 8.50. The zero-order valence-electron chi connectivity index (χ0n) is 13.8. The molecule has 0 spiro atoms. The third-order valence-electron chi connectivity index (χ3n) is 3.30. The summed E-state index contributed by atoms with van der Waals surface area (Å²) >= 11 is 6.04. The number of thiocarbonyl (C=S) groups is 1. The first kappa shape index (κ1) is 19.7. The molecule has 1 heterocycles. The summed E-state index contributed by atoms with van der Waals surface area (Å²) < 4.78 is 10.7. The number of thioether (sulfide) groups is 1. The minimum absolute atomic E-state index is 0.172. The van der Waals surface area contributed by atoms with Crippen molar-refractivity contribution in [2.24, 2.45) is 0 Å². The molecule has 1 aromatic carbocycles. The highest BCUT2D eigenvalue weighted by Gasteiger charge is 2.33. The summed E-state index contributed by atoms with van der Waals surface area (Å²) in [6.45, 7) is 0.897. The smallest absolute Gasteiger partial charge is 0.344 e. The number of hydrogen-bond acceptors (Lipinski definition) is 7. The molecule has 1 saturated heterocycles. The van der Waals surface area contributed by atoms with E-state index in [2.05, 4.69) is 0 Å². The fourth-order valence-electron chi connectivity index (χ4n) is 2.04. The Morgan fingerprint density at radius 2 is 2.04 bits per heavy atom. The molecule has 1 aliphatic rings. The molecule has 8 nitrogen and oxygen atoms in total. The van der Waals surface area contributed by atoms with E-state index in [9.17, 15) is 14.4 Å². The summed E-state index contributed by atoms with van der Waals surface area (Å²) in [5.41, 5.74) is 0.591. The normalized spacial score (nSPS) is 16.7. The van der Waals surface area contributed by atoms with Gasteiger partial charge in [-0.05, 0) is 30.7 Å². The van der Waals surface area contributed by atoms with Gasteiger partial charge in [0.05, 0.1) is 12.0 Å². The van der Waals surface area contributed by atoms with Crippen LogP contribution in [0.5, 0.6) is 11.5 Å². The van der Waals surface area contributed by atoms with Gasteiger partial charge in [-0.25, -0.2) is 4.79 Å². The molecule has 0 unspecified atom stereocenters. The van der Waals surface area contributed by atoms with Crippen LogP contribution in [0.1, 0.15) is 12.5 Å². The minimum atomic E-state index is -1.15. The lowest BCUT2D eigenvalue weighted by molar-refractivity contribution is -0.144. The van der Waals surface area contributed by atoms with E-state index in [-0.39, 0.29) is 15.0 Å². The van der Waals surface area contributed by atoms with Crippen molar-refractivity contribution < 1.29 is 34.1 Å². The Kier molecular flexibility index (Phi) is 6.22. The lowest BCUT2D eigenvalue weighted by Crippen LogP contribution is -2.33. The molecule has 1 amide bonds. The number of nitrogens with zero attached hydrogens (tertiary/aromatic N) is 1.